The highest BCUT2D eigenvalue weighted by Gasteiger charge is 2.38. The number of hydrogen-bond acceptors (Lipinski definition) is 4. The lowest BCUT2D eigenvalue weighted by molar-refractivity contribution is -0.136. The molecular formula is C18H20N4O2. The summed E-state index contributed by atoms with van der Waals surface area (Å²) in [4.78, 5) is 18.9. The van der Waals surface area contributed by atoms with Crippen LogP contribution in [0.15, 0.2) is 36.7 Å². The molecule has 0 spiro atoms. The SMILES string of the molecule is CN(Cc1cccc(C#N)c1)C(=O)[C@@H]1CCO[C@H]1c1nccn1C. The number of benzene rings is 1. The van der Waals surface area contributed by atoms with Gasteiger partial charge in [0, 0.05) is 39.6 Å². The van der Waals surface area contributed by atoms with E-state index in [0.717, 1.165) is 11.4 Å². The Hall–Kier alpha value is -2.65. The van der Waals surface area contributed by atoms with Crippen LogP contribution in [0.4, 0.5) is 0 Å². The van der Waals surface area contributed by atoms with E-state index in [-0.39, 0.29) is 17.9 Å². The Labute approximate surface area is 141 Å². The number of rotatable bonds is 4. The number of ether oxygens (including phenoxy) is 1. The molecule has 24 heavy (non-hydrogen) atoms. The van der Waals surface area contributed by atoms with Crippen LogP contribution in [-0.4, -0.2) is 34.0 Å². The van der Waals surface area contributed by atoms with Gasteiger partial charge >= 0.3 is 0 Å². The molecule has 1 amide bonds. The lowest BCUT2D eigenvalue weighted by atomic mass is 9.98. The van der Waals surface area contributed by atoms with Gasteiger partial charge in [-0.05, 0) is 24.1 Å². The van der Waals surface area contributed by atoms with E-state index < -0.39 is 0 Å². The third-order valence-corrected chi connectivity index (χ3v) is 4.37. The van der Waals surface area contributed by atoms with Crippen molar-refractivity contribution in [1.29, 1.82) is 5.26 Å². The van der Waals surface area contributed by atoms with Crippen molar-refractivity contribution in [1.82, 2.24) is 14.5 Å². The van der Waals surface area contributed by atoms with E-state index >= 15 is 0 Å². The fraction of sp³-hybridized carbons (Fsp3) is 0.389. The molecule has 1 aromatic heterocycles. The maximum absolute atomic E-state index is 12.9. The van der Waals surface area contributed by atoms with Gasteiger partial charge in [-0.25, -0.2) is 4.98 Å². The zero-order valence-electron chi connectivity index (χ0n) is 13.8. The summed E-state index contributed by atoms with van der Waals surface area (Å²) in [5.41, 5.74) is 1.54. The van der Waals surface area contributed by atoms with Gasteiger partial charge in [0.2, 0.25) is 5.91 Å². The minimum absolute atomic E-state index is 0.0443. The van der Waals surface area contributed by atoms with E-state index in [1.165, 1.54) is 0 Å². The second kappa shape index (κ2) is 6.85. The molecular weight excluding hydrogens is 304 g/mol. The molecule has 1 aromatic carbocycles. The Bertz CT molecular complexity index is 777. The van der Waals surface area contributed by atoms with E-state index in [1.54, 1.807) is 24.2 Å². The molecule has 1 fully saturated rings. The van der Waals surface area contributed by atoms with Gasteiger partial charge in [0.05, 0.1) is 17.6 Å². The quantitative estimate of drug-likeness (QED) is 0.863. The van der Waals surface area contributed by atoms with Crippen LogP contribution >= 0.6 is 0 Å². The van der Waals surface area contributed by atoms with Crippen molar-refractivity contribution >= 4 is 5.91 Å². The fourth-order valence-corrected chi connectivity index (χ4v) is 3.12. The van der Waals surface area contributed by atoms with Crippen LogP contribution < -0.4 is 0 Å². The number of amides is 1. The van der Waals surface area contributed by atoms with Gasteiger partial charge in [-0.2, -0.15) is 5.26 Å². The first-order valence-corrected chi connectivity index (χ1v) is 7.93. The maximum Gasteiger partial charge on any atom is 0.228 e. The standard InChI is InChI=1S/C18H20N4O2/c1-21-8-7-20-17(21)16-15(6-9-24-16)18(23)22(2)12-14-5-3-4-13(10-14)11-19/h3-5,7-8,10,15-16H,6,9,12H2,1-2H3/t15-,16-/m1/s1. The summed E-state index contributed by atoms with van der Waals surface area (Å²) in [6.45, 7) is 1.03. The van der Waals surface area contributed by atoms with Crippen molar-refractivity contribution in [3.63, 3.8) is 0 Å². The molecule has 1 aliphatic rings. The van der Waals surface area contributed by atoms with Crippen molar-refractivity contribution in [2.45, 2.75) is 19.1 Å². The molecule has 6 heteroatoms. The summed E-state index contributed by atoms with van der Waals surface area (Å²) in [6, 6.07) is 9.45. The Morgan fingerprint density at radius 3 is 3.08 bits per heavy atom. The van der Waals surface area contributed by atoms with Gasteiger partial charge in [0.15, 0.2) is 0 Å². The van der Waals surface area contributed by atoms with Crippen LogP contribution in [0.3, 0.4) is 0 Å². The largest absolute Gasteiger partial charge is 0.369 e. The van der Waals surface area contributed by atoms with Crippen molar-refractivity contribution < 1.29 is 9.53 Å². The summed E-state index contributed by atoms with van der Waals surface area (Å²) < 4.78 is 7.67. The normalized spacial score (nSPS) is 19.9. The van der Waals surface area contributed by atoms with Gasteiger partial charge in [0.25, 0.3) is 0 Å². The average Bonchev–Trinajstić information content (AvgIpc) is 3.22. The van der Waals surface area contributed by atoms with Crippen LogP contribution in [0.1, 0.15) is 29.5 Å². The third kappa shape index (κ3) is 3.17. The van der Waals surface area contributed by atoms with E-state index in [1.807, 2.05) is 36.0 Å². The summed E-state index contributed by atoms with van der Waals surface area (Å²) >= 11 is 0. The first-order chi connectivity index (χ1) is 11.6. The average molecular weight is 324 g/mol. The van der Waals surface area contributed by atoms with Gasteiger partial charge in [0.1, 0.15) is 11.9 Å². The Kier molecular flexibility index (Phi) is 4.63. The number of hydrogen-bond donors (Lipinski definition) is 0. The van der Waals surface area contributed by atoms with E-state index in [9.17, 15) is 4.79 Å². The highest BCUT2D eigenvalue weighted by molar-refractivity contribution is 5.79. The number of aryl methyl sites for hydroxylation is 1. The molecule has 3 rings (SSSR count). The first kappa shape index (κ1) is 16.2. The fourth-order valence-electron chi connectivity index (χ4n) is 3.12. The molecule has 1 saturated heterocycles. The molecule has 0 N–H and O–H groups in total. The number of nitriles is 1. The molecule has 0 unspecified atom stereocenters. The highest BCUT2D eigenvalue weighted by Crippen LogP contribution is 2.34. The van der Waals surface area contributed by atoms with Gasteiger partial charge in [-0.1, -0.05) is 12.1 Å². The lowest BCUT2D eigenvalue weighted by Gasteiger charge is -2.24. The summed E-state index contributed by atoms with van der Waals surface area (Å²) in [6.07, 6.45) is 3.97. The number of aromatic nitrogens is 2. The Morgan fingerprint density at radius 1 is 1.54 bits per heavy atom. The minimum Gasteiger partial charge on any atom is -0.369 e. The maximum atomic E-state index is 12.9. The summed E-state index contributed by atoms with van der Waals surface area (Å²) in [7, 11) is 3.69. The number of carbonyl (C=O) groups is 1. The van der Waals surface area contributed by atoms with Crippen LogP contribution in [0, 0.1) is 17.2 Å². The van der Waals surface area contributed by atoms with E-state index in [4.69, 9.17) is 10.00 Å². The predicted octanol–water partition coefficient (Wildman–Crippen LogP) is 2.03. The number of carbonyl (C=O) groups excluding carboxylic acids is 1. The minimum atomic E-state index is -0.301. The first-order valence-electron chi connectivity index (χ1n) is 7.93. The van der Waals surface area contributed by atoms with Crippen molar-refractivity contribution in [2.24, 2.45) is 13.0 Å². The molecule has 2 heterocycles. The van der Waals surface area contributed by atoms with Crippen LogP contribution in [0.5, 0.6) is 0 Å². The second-order valence-electron chi connectivity index (χ2n) is 6.09. The molecule has 0 aliphatic carbocycles. The molecule has 0 radical (unpaired) electrons. The van der Waals surface area contributed by atoms with Crippen molar-refractivity contribution in [2.75, 3.05) is 13.7 Å². The topological polar surface area (TPSA) is 71.2 Å². The number of imidazole rings is 1. The third-order valence-electron chi connectivity index (χ3n) is 4.37. The zero-order chi connectivity index (χ0) is 17.1. The van der Waals surface area contributed by atoms with Crippen molar-refractivity contribution in [3.8, 4) is 6.07 Å². The molecule has 124 valence electrons. The molecule has 0 bridgehead atoms. The Balaban J connectivity index is 1.73. The monoisotopic (exact) mass is 324 g/mol. The molecule has 1 aliphatic heterocycles. The summed E-state index contributed by atoms with van der Waals surface area (Å²) in [5.74, 6) is 0.601. The van der Waals surface area contributed by atoms with Gasteiger partial charge in [-0.3, -0.25) is 4.79 Å². The number of nitrogens with zero attached hydrogens (tertiary/aromatic N) is 4. The van der Waals surface area contributed by atoms with E-state index in [2.05, 4.69) is 11.1 Å². The molecule has 2 atom stereocenters. The molecule has 2 aromatic rings. The second-order valence-corrected chi connectivity index (χ2v) is 6.09. The van der Waals surface area contributed by atoms with E-state index in [0.29, 0.717) is 25.1 Å². The smallest absolute Gasteiger partial charge is 0.228 e. The zero-order valence-corrected chi connectivity index (χ0v) is 13.8. The molecule has 0 saturated carbocycles. The van der Waals surface area contributed by atoms with Crippen LogP contribution in [0.2, 0.25) is 0 Å². The Morgan fingerprint density at radius 2 is 2.38 bits per heavy atom. The summed E-state index contributed by atoms with van der Waals surface area (Å²) in [5, 5.41) is 8.99. The van der Waals surface area contributed by atoms with Gasteiger partial charge < -0.3 is 14.2 Å². The highest BCUT2D eigenvalue weighted by atomic mass is 16.5. The molecule has 6 nitrogen and oxygen atoms in total. The van der Waals surface area contributed by atoms with Crippen molar-refractivity contribution in [3.05, 3.63) is 53.6 Å². The van der Waals surface area contributed by atoms with Crippen LogP contribution in [0.25, 0.3) is 0 Å². The predicted molar refractivity (Wildman–Crippen MR) is 87.6 cm³/mol. The van der Waals surface area contributed by atoms with Gasteiger partial charge in [-0.15, -0.1) is 0 Å². The van der Waals surface area contributed by atoms with Crippen LogP contribution in [-0.2, 0) is 23.1 Å². The lowest BCUT2D eigenvalue weighted by Crippen LogP contribution is -2.34.